The van der Waals surface area contributed by atoms with E-state index < -0.39 is 10.0 Å². The third-order valence-electron chi connectivity index (χ3n) is 2.22. The van der Waals surface area contributed by atoms with Gasteiger partial charge in [0.1, 0.15) is 9.97 Å². The summed E-state index contributed by atoms with van der Waals surface area (Å²) < 4.78 is 30.8. The van der Waals surface area contributed by atoms with E-state index in [1.165, 1.54) is 23.7 Å². The first kappa shape index (κ1) is 12.2. The second-order valence-electron chi connectivity index (χ2n) is 3.54. The summed E-state index contributed by atoms with van der Waals surface area (Å²) in [5.74, 6) is 0.598. The normalized spacial score (nSPS) is 12.1. The smallest absolute Gasteiger partial charge is 0.252 e. The lowest BCUT2D eigenvalue weighted by atomic mass is 10.4. The highest BCUT2D eigenvalue weighted by atomic mass is 32.2. The Kier molecular flexibility index (Phi) is 3.23. The van der Waals surface area contributed by atoms with Gasteiger partial charge in [0.2, 0.25) is 0 Å². The van der Waals surface area contributed by atoms with Crippen molar-refractivity contribution < 1.29 is 12.8 Å². The van der Waals surface area contributed by atoms with Crippen LogP contribution < -0.4 is 5.73 Å². The molecule has 0 radical (unpaired) electrons. The average Bonchev–Trinajstić information content (AvgIpc) is 2.89. The van der Waals surface area contributed by atoms with Gasteiger partial charge in [0.15, 0.2) is 0 Å². The van der Waals surface area contributed by atoms with Crippen LogP contribution in [0.25, 0.3) is 0 Å². The monoisotopic (exact) mass is 272 g/mol. The molecule has 0 amide bonds. The van der Waals surface area contributed by atoms with Crippen molar-refractivity contribution in [2.24, 2.45) is 0 Å². The summed E-state index contributed by atoms with van der Waals surface area (Å²) in [5.41, 5.74) is 5.98. The quantitative estimate of drug-likeness (QED) is 0.919. The topological polar surface area (TPSA) is 76.5 Å². The Morgan fingerprint density at radius 1 is 1.53 bits per heavy atom. The molecule has 0 saturated carbocycles. The first-order valence-corrected chi connectivity index (χ1v) is 7.15. The second-order valence-corrected chi connectivity index (χ2v) is 6.72. The minimum Gasteiger partial charge on any atom is -0.468 e. The molecule has 0 fully saturated rings. The molecule has 0 bridgehead atoms. The number of rotatable bonds is 4. The van der Waals surface area contributed by atoms with Gasteiger partial charge in [-0.1, -0.05) is 0 Å². The molecule has 0 aromatic carbocycles. The van der Waals surface area contributed by atoms with Crippen LogP contribution in [0.2, 0.25) is 0 Å². The molecule has 5 nitrogen and oxygen atoms in total. The van der Waals surface area contributed by atoms with Crippen molar-refractivity contribution in [2.75, 3.05) is 12.8 Å². The first-order chi connectivity index (χ1) is 8.00. The predicted molar refractivity (Wildman–Crippen MR) is 66.1 cm³/mol. The SMILES string of the molecule is CN(Cc1ccco1)S(=O)(=O)c1cc(N)cs1. The van der Waals surface area contributed by atoms with E-state index in [1.54, 1.807) is 17.5 Å². The largest absolute Gasteiger partial charge is 0.468 e. The number of nitrogen functional groups attached to an aromatic ring is 1. The molecule has 0 spiro atoms. The molecule has 2 N–H and O–H groups in total. The summed E-state index contributed by atoms with van der Waals surface area (Å²) in [6.07, 6.45) is 1.51. The fourth-order valence-electron chi connectivity index (χ4n) is 1.33. The van der Waals surface area contributed by atoms with Gasteiger partial charge in [-0.2, -0.15) is 4.31 Å². The number of furan rings is 1. The third kappa shape index (κ3) is 2.51. The summed E-state index contributed by atoms with van der Waals surface area (Å²) in [6, 6.07) is 4.91. The molecule has 7 heteroatoms. The summed E-state index contributed by atoms with van der Waals surface area (Å²) in [4.78, 5) is 0. The molecule has 2 heterocycles. The Hall–Kier alpha value is -1.31. The van der Waals surface area contributed by atoms with Crippen LogP contribution in [0.3, 0.4) is 0 Å². The van der Waals surface area contributed by atoms with Gasteiger partial charge >= 0.3 is 0 Å². The van der Waals surface area contributed by atoms with Crippen LogP contribution >= 0.6 is 11.3 Å². The molecular weight excluding hydrogens is 260 g/mol. The zero-order chi connectivity index (χ0) is 12.5. The second kappa shape index (κ2) is 4.52. The van der Waals surface area contributed by atoms with Crippen LogP contribution in [-0.4, -0.2) is 19.8 Å². The van der Waals surface area contributed by atoms with Gasteiger partial charge < -0.3 is 10.2 Å². The highest BCUT2D eigenvalue weighted by Gasteiger charge is 2.23. The van der Waals surface area contributed by atoms with Crippen molar-refractivity contribution in [3.8, 4) is 0 Å². The minimum atomic E-state index is -3.48. The molecule has 0 aliphatic carbocycles. The lowest BCUT2D eigenvalue weighted by Crippen LogP contribution is -2.25. The van der Waals surface area contributed by atoms with E-state index in [1.807, 2.05) is 0 Å². The van der Waals surface area contributed by atoms with Crippen molar-refractivity contribution in [1.82, 2.24) is 4.31 Å². The van der Waals surface area contributed by atoms with Gasteiger partial charge in [0.05, 0.1) is 12.8 Å². The lowest BCUT2D eigenvalue weighted by molar-refractivity contribution is 0.407. The van der Waals surface area contributed by atoms with E-state index in [0.29, 0.717) is 11.4 Å². The summed E-state index contributed by atoms with van der Waals surface area (Å²) in [7, 11) is -1.97. The third-order valence-corrected chi connectivity index (χ3v) is 5.46. The van der Waals surface area contributed by atoms with Gasteiger partial charge in [0.25, 0.3) is 10.0 Å². The number of thiophene rings is 1. The van der Waals surface area contributed by atoms with Crippen molar-refractivity contribution in [3.63, 3.8) is 0 Å². The zero-order valence-corrected chi connectivity index (χ0v) is 10.8. The number of nitrogens with two attached hydrogens (primary N) is 1. The first-order valence-electron chi connectivity index (χ1n) is 4.83. The Bertz CT molecular complexity index is 587. The summed E-state index contributed by atoms with van der Waals surface area (Å²) in [5, 5.41) is 1.60. The standard InChI is InChI=1S/C10H12N2O3S2/c1-12(6-9-3-2-4-15-9)17(13,14)10-5-8(11)7-16-10/h2-5,7H,6,11H2,1H3. The van der Waals surface area contributed by atoms with E-state index in [-0.39, 0.29) is 10.8 Å². The van der Waals surface area contributed by atoms with Crippen LogP contribution in [-0.2, 0) is 16.6 Å². The van der Waals surface area contributed by atoms with Crippen molar-refractivity contribution in [2.45, 2.75) is 10.8 Å². The van der Waals surface area contributed by atoms with Gasteiger partial charge in [-0.05, 0) is 18.2 Å². The van der Waals surface area contributed by atoms with E-state index >= 15 is 0 Å². The fraction of sp³-hybridized carbons (Fsp3) is 0.200. The molecule has 2 aromatic rings. The van der Waals surface area contributed by atoms with Gasteiger partial charge in [0, 0.05) is 18.1 Å². The van der Waals surface area contributed by atoms with Crippen LogP contribution in [0.15, 0.2) is 38.5 Å². The highest BCUT2D eigenvalue weighted by molar-refractivity contribution is 7.91. The van der Waals surface area contributed by atoms with E-state index in [2.05, 4.69) is 0 Å². The number of nitrogens with zero attached hydrogens (tertiary/aromatic N) is 1. The Labute approximate surface area is 104 Å². The highest BCUT2D eigenvalue weighted by Crippen LogP contribution is 2.25. The Morgan fingerprint density at radius 3 is 2.82 bits per heavy atom. The molecule has 17 heavy (non-hydrogen) atoms. The van der Waals surface area contributed by atoms with Crippen molar-refractivity contribution in [1.29, 1.82) is 0 Å². The van der Waals surface area contributed by atoms with E-state index in [4.69, 9.17) is 10.2 Å². The number of hydrogen-bond donors (Lipinski definition) is 1. The average molecular weight is 272 g/mol. The number of sulfonamides is 1. The maximum atomic E-state index is 12.1. The van der Waals surface area contributed by atoms with Crippen molar-refractivity contribution in [3.05, 3.63) is 35.6 Å². The zero-order valence-electron chi connectivity index (χ0n) is 9.16. The van der Waals surface area contributed by atoms with Gasteiger partial charge in [-0.25, -0.2) is 8.42 Å². The number of anilines is 1. The molecule has 0 aliphatic heterocycles. The van der Waals surface area contributed by atoms with Crippen molar-refractivity contribution >= 4 is 27.0 Å². The lowest BCUT2D eigenvalue weighted by Gasteiger charge is -2.14. The van der Waals surface area contributed by atoms with Gasteiger partial charge in [-0.15, -0.1) is 11.3 Å². The molecule has 2 rings (SSSR count). The van der Waals surface area contributed by atoms with Crippen LogP contribution in [0.5, 0.6) is 0 Å². The number of hydrogen-bond acceptors (Lipinski definition) is 5. The maximum Gasteiger partial charge on any atom is 0.252 e. The minimum absolute atomic E-state index is 0.202. The molecule has 0 saturated heterocycles. The molecule has 0 unspecified atom stereocenters. The van der Waals surface area contributed by atoms with E-state index in [9.17, 15) is 8.42 Å². The summed E-state index contributed by atoms with van der Waals surface area (Å²) in [6.45, 7) is 0.202. The van der Waals surface area contributed by atoms with Crippen LogP contribution in [0.1, 0.15) is 5.76 Å². The Balaban J connectivity index is 2.21. The predicted octanol–water partition coefficient (Wildman–Crippen LogP) is 1.74. The maximum absolute atomic E-state index is 12.1. The molecule has 0 atom stereocenters. The van der Waals surface area contributed by atoms with Crippen LogP contribution in [0.4, 0.5) is 5.69 Å². The summed E-state index contributed by atoms with van der Waals surface area (Å²) >= 11 is 1.11. The molecule has 92 valence electrons. The molecule has 2 aromatic heterocycles. The molecular formula is C10H12N2O3S2. The fourth-order valence-corrected chi connectivity index (χ4v) is 3.75. The van der Waals surface area contributed by atoms with Crippen LogP contribution in [0, 0.1) is 0 Å². The van der Waals surface area contributed by atoms with E-state index in [0.717, 1.165) is 11.3 Å². The van der Waals surface area contributed by atoms with Gasteiger partial charge in [-0.3, -0.25) is 0 Å². The Morgan fingerprint density at radius 2 is 2.29 bits per heavy atom. The molecule has 0 aliphatic rings.